The molecular weight excluding hydrogens is 252 g/mol. The minimum absolute atomic E-state index is 0.625. The van der Waals surface area contributed by atoms with Crippen LogP contribution in [-0.4, -0.2) is 31.6 Å². The summed E-state index contributed by atoms with van der Waals surface area (Å²) in [4.78, 5) is 12.4. The normalized spacial score (nSPS) is 16.2. The highest BCUT2D eigenvalue weighted by Gasteiger charge is 2.55. The van der Waals surface area contributed by atoms with Gasteiger partial charge in [-0.05, 0) is 31.2 Å². The van der Waals surface area contributed by atoms with E-state index in [9.17, 15) is 9.90 Å². The summed E-state index contributed by atoms with van der Waals surface area (Å²) in [5.74, 6) is 0.537. The number of methoxy groups -OCH3 is 2. The number of rotatable bonds is 5. The third-order valence-corrected chi connectivity index (χ3v) is 4.18. The molecule has 0 heterocycles. The summed E-state index contributed by atoms with van der Waals surface area (Å²) >= 11 is 1.49. The number of hydrogen-bond acceptors (Lipinski definition) is 4. The van der Waals surface area contributed by atoms with Crippen LogP contribution in [0, 0.1) is 0 Å². The fraction of sp³-hybridized carbons (Fsp3) is 0.462. The van der Waals surface area contributed by atoms with Crippen LogP contribution in [0.5, 0.6) is 11.5 Å². The minimum atomic E-state index is -0.793. The van der Waals surface area contributed by atoms with Gasteiger partial charge in [0.1, 0.15) is 11.5 Å². The van der Waals surface area contributed by atoms with Gasteiger partial charge >= 0.3 is 5.97 Å². The van der Waals surface area contributed by atoms with Crippen LogP contribution in [0.1, 0.15) is 18.4 Å². The molecule has 0 saturated heterocycles. The highest BCUT2D eigenvalue weighted by molar-refractivity contribution is 7.98. The van der Waals surface area contributed by atoms with Crippen molar-refractivity contribution in [2.45, 2.75) is 23.2 Å². The lowest BCUT2D eigenvalue weighted by atomic mass is 9.94. The van der Waals surface area contributed by atoms with Gasteiger partial charge in [-0.2, -0.15) is 0 Å². The first-order chi connectivity index (χ1) is 8.60. The zero-order valence-electron chi connectivity index (χ0n) is 10.6. The van der Waals surface area contributed by atoms with Crippen LogP contribution in [0.3, 0.4) is 0 Å². The van der Waals surface area contributed by atoms with Gasteiger partial charge in [-0.15, -0.1) is 11.8 Å². The molecule has 18 heavy (non-hydrogen) atoms. The van der Waals surface area contributed by atoms with Crippen molar-refractivity contribution in [3.05, 3.63) is 17.7 Å². The molecule has 0 unspecified atom stereocenters. The summed E-state index contributed by atoms with van der Waals surface area (Å²) in [6, 6.07) is 3.59. The molecule has 0 aliphatic heterocycles. The van der Waals surface area contributed by atoms with Crippen LogP contribution in [0.25, 0.3) is 0 Å². The van der Waals surface area contributed by atoms with Gasteiger partial charge in [0.15, 0.2) is 0 Å². The van der Waals surface area contributed by atoms with Gasteiger partial charge in [0.25, 0.3) is 0 Å². The molecule has 0 atom stereocenters. The lowest BCUT2D eigenvalue weighted by Crippen LogP contribution is -2.21. The second kappa shape index (κ2) is 4.72. The molecule has 0 bridgehead atoms. The number of ether oxygens (including phenoxy) is 2. The molecule has 1 aromatic carbocycles. The van der Waals surface area contributed by atoms with Crippen molar-refractivity contribution in [3.63, 3.8) is 0 Å². The van der Waals surface area contributed by atoms with E-state index in [1.807, 2.05) is 12.3 Å². The number of aliphatic carboxylic acids is 1. The Morgan fingerprint density at radius 2 is 1.83 bits per heavy atom. The summed E-state index contributed by atoms with van der Waals surface area (Å²) in [5, 5.41) is 9.46. The molecule has 1 aliphatic carbocycles. The zero-order valence-corrected chi connectivity index (χ0v) is 11.5. The van der Waals surface area contributed by atoms with Gasteiger partial charge < -0.3 is 14.6 Å². The second-order valence-electron chi connectivity index (χ2n) is 4.27. The van der Waals surface area contributed by atoms with Crippen LogP contribution in [-0.2, 0) is 10.2 Å². The molecule has 0 aromatic heterocycles. The summed E-state index contributed by atoms with van der Waals surface area (Å²) in [6.07, 6.45) is 3.22. The van der Waals surface area contributed by atoms with Crippen LogP contribution < -0.4 is 9.47 Å². The molecule has 0 radical (unpaired) electrons. The Bertz CT molecular complexity index is 480. The first-order valence-corrected chi connectivity index (χ1v) is 6.86. The van der Waals surface area contributed by atoms with Gasteiger partial charge in [0.05, 0.1) is 24.5 Å². The molecular formula is C13H16O4S. The molecule has 1 fully saturated rings. The van der Waals surface area contributed by atoms with Crippen molar-refractivity contribution in [2.24, 2.45) is 0 Å². The number of benzene rings is 1. The molecule has 1 saturated carbocycles. The largest absolute Gasteiger partial charge is 0.496 e. The third kappa shape index (κ3) is 1.82. The zero-order chi connectivity index (χ0) is 13.3. The minimum Gasteiger partial charge on any atom is -0.496 e. The molecule has 1 aromatic rings. The first-order valence-electron chi connectivity index (χ1n) is 5.63. The van der Waals surface area contributed by atoms with E-state index in [1.165, 1.54) is 11.8 Å². The maximum absolute atomic E-state index is 11.5. The monoisotopic (exact) mass is 268 g/mol. The predicted molar refractivity (Wildman–Crippen MR) is 69.9 cm³/mol. The smallest absolute Gasteiger partial charge is 0.314 e. The van der Waals surface area contributed by atoms with Gasteiger partial charge in [-0.1, -0.05) is 0 Å². The molecule has 98 valence electrons. The van der Waals surface area contributed by atoms with Crippen LogP contribution in [0.2, 0.25) is 0 Å². The molecule has 1 aliphatic rings. The maximum Gasteiger partial charge on any atom is 0.314 e. The van der Waals surface area contributed by atoms with Crippen molar-refractivity contribution in [3.8, 4) is 11.5 Å². The lowest BCUT2D eigenvalue weighted by Gasteiger charge is -2.20. The number of thioether (sulfide) groups is 1. The van der Waals surface area contributed by atoms with E-state index < -0.39 is 11.4 Å². The van der Waals surface area contributed by atoms with E-state index in [4.69, 9.17) is 9.47 Å². The molecule has 5 heteroatoms. The average Bonchev–Trinajstić information content (AvgIpc) is 3.18. The SMILES string of the molecule is COc1ccc(OC)c(C2(C(=O)O)CC2)c1SC. The van der Waals surface area contributed by atoms with Crippen molar-refractivity contribution in [1.29, 1.82) is 0 Å². The van der Waals surface area contributed by atoms with Gasteiger partial charge in [0.2, 0.25) is 0 Å². The molecule has 0 spiro atoms. The predicted octanol–water partition coefficient (Wildman–Crippen LogP) is 2.54. The number of carboxylic acids is 1. The van der Waals surface area contributed by atoms with E-state index in [0.29, 0.717) is 24.3 Å². The highest BCUT2D eigenvalue weighted by atomic mass is 32.2. The van der Waals surface area contributed by atoms with Crippen molar-refractivity contribution in [1.82, 2.24) is 0 Å². The Hall–Kier alpha value is -1.36. The molecule has 4 nitrogen and oxygen atoms in total. The highest BCUT2D eigenvalue weighted by Crippen LogP contribution is 2.56. The van der Waals surface area contributed by atoms with Crippen molar-refractivity contribution < 1.29 is 19.4 Å². The summed E-state index contributed by atoms with van der Waals surface area (Å²) in [5.41, 5.74) is -0.0394. The Kier molecular flexibility index (Phi) is 3.43. The van der Waals surface area contributed by atoms with Gasteiger partial charge in [-0.3, -0.25) is 4.79 Å². The summed E-state index contributed by atoms with van der Waals surface area (Å²) in [6.45, 7) is 0. The standard InChI is InChI=1S/C13H16O4S/c1-16-8-4-5-9(17-2)11(18-3)10(8)13(6-7-13)12(14)15/h4-5H,6-7H2,1-3H3,(H,14,15). The second-order valence-corrected chi connectivity index (χ2v) is 5.08. The summed E-state index contributed by atoms with van der Waals surface area (Å²) in [7, 11) is 3.15. The fourth-order valence-corrected chi connectivity index (χ4v) is 3.08. The topological polar surface area (TPSA) is 55.8 Å². The number of carbonyl (C=O) groups is 1. The van der Waals surface area contributed by atoms with Crippen LogP contribution >= 0.6 is 11.8 Å². The lowest BCUT2D eigenvalue weighted by molar-refractivity contribution is -0.140. The van der Waals surface area contributed by atoms with Crippen LogP contribution in [0.15, 0.2) is 17.0 Å². The average molecular weight is 268 g/mol. The number of carboxylic acid groups (broad SMARTS) is 1. The molecule has 0 amide bonds. The molecule has 1 N–H and O–H groups in total. The molecule has 2 rings (SSSR count). The Labute approximate surface area is 110 Å². The summed E-state index contributed by atoms with van der Waals surface area (Å²) < 4.78 is 10.6. The van der Waals surface area contributed by atoms with Gasteiger partial charge in [0, 0.05) is 5.56 Å². The maximum atomic E-state index is 11.5. The Morgan fingerprint density at radius 3 is 2.22 bits per heavy atom. The first kappa shape index (κ1) is 13.1. The van der Waals surface area contributed by atoms with Crippen molar-refractivity contribution >= 4 is 17.7 Å². The van der Waals surface area contributed by atoms with E-state index in [0.717, 1.165) is 10.5 Å². The number of hydrogen-bond donors (Lipinski definition) is 1. The van der Waals surface area contributed by atoms with E-state index in [1.54, 1.807) is 20.3 Å². The van der Waals surface area contributed by atoms with Gasteiger partial charge in [-0.25, -0.2) is 0 Å². The third-order valence-electron chi connectivity index (χ3n) is 3.37. The van der Waals surface area contributed by atoms with E-state index in [-0.39, 0.29) is 0 Å². The van der Waals surface area contributed by atoms with Crippen LogP contribution in [0.4, 0.5) is 0 Å². The fourth-order valence-electron chi connectivity index (χ4n) is 2.23. The Balaban J connectivity index is 2.66. The van der Waals surface area contributed by atoms with Crippen molar-refractivity contribution in [2.75, 3.05) is 20.5 Å². The quantitative estimate of drug-likeness (QED) is 0.832. The Morgan fingerprint density at radius 1 is 1.28 bits per heavy atom. The van der Waals surface area contributed by atoms with E-state index in [2.05, 4.69) is 0 Å². The van der Waals surface area contributed by atoms with E-state index >= 15 is 0 Å².